The summed E-state index contributed by atoms with van der Waals surface area (Å²) < 4.78 is 11.1. The standard InChI is InChI=1S/C46H82O4/c1-3-5-7-9-11-13-15-17-18-19-20-21-22-23-24-25-26-27-28-29-31-33-35-37-39-41-46(48)50-45(43-47)44-49-42-40-38-36-34-32-30-16-14-12-10-8-6-4-2/h5,7,11-14,17-18,20-21,45,47H,3-4,6,8-10,15-16,19,22-44H2,1-2H3/b7-5-,13-11-,14-12-,18-17-,21-20-. The van der Waals surface area contributed by atoms with Crippen LogP contribution in [0.5, 0.6) is 0 Å². The van der Waals surface area contributed by atoms with Gasteiger partial charge in [-0.25, -0.2) is 0 Å². The summed E-state index contributed by atoms with van der Waals surface area (Å²) in [6, 6.07) is 0. The zero-order chi connectivity index (χ0) is 36.3. The number of aliphatic hydroxyl groups excluding tert-OH is 1. The third-order valence-electron chi connectivity index (χ3n) is 9.08. The van der Waals surface area contributed by atoms with Gasteiger partial charge in [-0.05, 0) is 77.0 Å². The van der Waals surface area contributed by atoms with Gasteiger partial charge in [0, 0.05) is 13.0 Å². The number of unbranched alkanes of at least 4 members (excludes halogenated alkanes) is 21. The highest BCUT2D eigenvalue weighted by Gasteiger charge is 2.13. The Hall–Kier alpha value is -1.91. The Bertz CT molecular complexity index is 824. The van der Waals surface area contributed by atoms with Gasteiger partial charge in [-0.2, -0.15) is 0 Å². The van der Waals surface area contributed by atoms with Gasteiger partial charge >= 0.3 is 5.97 Å². The minimum Gasteiger partial charge on any atom is -0.457 e. The lowest BCUT2D eigenvalue weighted by atomic mass is 10.0. The molecule has 50 heavy (non-hydrogen) atoms. The van der Waals surface area contributed by atoms with Crippen molar-refractivity contribution in [2.45, 2.75) is 206 Å². The van der Waals surface area contributed by atoms with Crippen LogP contribution in [0.15, 0.2) is 60.8 Å². The van der Waals surface area contributed by atoms with E-state index in [1.54, 1.807) is 0 Å². The molecule has 0 saturated carbocycles. The van der Waals surface area contributed by atoms with Crippen molar-refractivity contribution in [3.8, 4) is 0 Å². The normalized spacial score (nSPS) is 12.9. The van der Waals surface area contributed by atoms with Gasteiger partial charge in [-0.15, -0.1) is 0 Å². The SMILES string of the molecule is CC/C=C\C/C=C\C/C=C\C/C=C\CCCCCCCCCCCCCCC(=O)OC(CO)COCCCCCCCC/C=C\CCCCC. The Kier molecular flexibility index (Phi) is 41.6. The van der Waals surface area contributed by atoms with E-state index >= 15 is 0 Å². The van der Waals surface area contributed by atoms with Crippen LogP contribution in [0, 0.1) is 0 Å². The number of carbonyl (C=O) groups excluding carboxylic acids is 1. The second kappa shape index (κ2) is 43.3. The number of carbonyl (C=O) groups is 1. The predicted octanol–water partition coefficient (Wildman–Crippen LogP) is 14.0. The molecule has 0 aliphatic rings. The molecule has 0 radical (unpaired) electrons. The minimum absolute atomic E-state index is 0.176. The quantitative estimate of drug-likeness (QED) is 0.0394. The number of esters is 1. The molecule has 4 nitrogen and oxygen atoms in total. The van der Waals surface area contributed by atoms with Crippen LogP contribution in [-0.4, -0.2) is 37.0 Å². The molecule has 0 aromatic heterocycles. The van der Waals surface area contributed by atoms with Gasteiger partial charge in [-0.3, -0.25) is 4.79 Å². The summed E-state index contributed by atoms with van der Waals surface area (Å²) in [6.45, 7) is 5.20. The largest absolute Gasteiger partial charge is 0.457 e. The van der Waals surface area contributed by atoms with Gasteiger partial charge in [0.1, 0.15) is 6.10 Å². The molecule has 0 aromatic rings. The maximum atomic E-state index is 12.2. The molecule has 0 spiro atoms. The van der Waals surface area contributed by atoms with Crippen molar-refractivity contribution in [1.29, 1.82) is 0 Å². The topological polar surface area (TPSA) is 55.8 Å². The Morgan fingerprint density at radius 1 is 0.500 bits per heavy atom. The highest BCUT2D eigenvalue weighted by atomic mass is 16.6. The Balaban J connectivity index is 3.43. The zero-order valence-electron chi connectivity index (χ0n) is 33.2. The lowest BCUT2D eigenvalue weighted by Gasteiger charge is -2.15. The fourth-order valence-electron chi connectivity index (χ4n) is 5.90. The second-order valence-electron chi connectivity index (χ2n) is 14.0. The van der Waals surface area contributed by atoms with Crippen molar-refractivity contribution in [3.63, 3.8) is 0 Å². The van der Waals surface area contributed by atoms with E-state index in [1.807, 2.05) is 0 Å². The highest BCUT2D eigenvalue weighted by Crippen LogP contribution is 2.14. The van der Waals surface area contributed by atoms with Crippen molar-refractivity contribution in [3.05, 3.63) is 60.8 Å². The number of hydrogen-bond donors (Lipinski definition) is 1. The fraction of sp³-hybridized carbons (Fsp3) is 0.761. The summed E-state index contributed by atoms with van der Waals surface area (Å²) in [5.74, 6) is -0.207. The smallest absolute Gasteiger partial charge is 0.306 e. The molecule has 0 fully saturated rings. The molecule has 0 heterocycles. The van der Waals surface area contributed by atoms with E-state index in [4.69, 9.17) is 9.47 Å². The Morgan fingerprint density at radius 2 is 0.900 bits per heavy atom. The molecule has 0 bridgehead atoms. The van der Waals surface area contributed by atoms with Crippen LogP contribution in [0.1, 0.15) is 200 Å². The molecule has 0 rings (SSSR count). The first-order valence-corrected chi connectivity index (χ1v) is 21.4. The molecule has 0 aliphatic carbocycles. The van der Waals surface area contributed by atoms with Crippen molar-refractivity contribution in [1.82, 2.24) is 0 Å². The number of allylic oxidation sites excluding steroid dienone is 10. The monoisotopic (exact) mass is 699 g/mol. The number of rotatable bonds is 39. The number of hydrogen-bond acceptors (Lipinski definition) is 4. The fourth-order valence-corrected chi connectivity index (χ4v) is 5.90. The van der Waals surface area contributed by atoms with Crippen molar-refractivity contribution in [2.24, 2.45) is 0 Å². The third kappa shape index (κ3) is 40.5. The second-order valence-corrected chi connectivity index (χ2v) is 14.0. The van der Waals surface area contributed by atoms with E-state index in [0.29, 0.717) is 19.6 Å². The minimum atomic E-state index is -0.539. The van der Waals surface area contributed by atoms with Gasteiger partial charge in [0.2, 0.25) is 0 Å². The van der Waals surface area contributed by atoms with E-state index in [2.05, 4.69) is 74.6 Å². The maximum absolute atomic E-state index is 12.2. The number of aliphatic hydroxyl groups is 1. The van der Waals surface area contributed by atoms with Crippen molar-refractivity contribution < 1.29 is 19.4 Å². The van der Waals surface area contributed by atoms with Crippen molar-refractivity contribution >= 4 is 5.97 Å². The first-order valence-electron chi connectivity index (χ1n) is 21.4. The third-order valence-corrected chi connectivity index (χ3v) is 9.08. The molecule has 0 amide bonds. The van der Waals surface area contributed by atoms with Crippen LogP contribution in [-0.2, 0) is 14.3 Å². The summed E-state index contributed by atoms with van der Waals surface area (Å²) in [4.78, 5) is 12.2. The van der Waals surface area contributed by atoms with Crippen LogP contribution >= 0.6 is 0 Å². The molecular weight excluding hydrogens is 617 g/mol. The zero-order valence-corrected chi connectivity index (χ0v) is 33.2. The average molecular weight is 699 g/mol. The first kappa shape index (κ1) is 48.1. The summed E-state index contributed by atoms with van der Waals surface area (Å²) in [6.07, 6.45) is 57.1. The van der Waals surface area contributed by atoms with Crippen LogP contribution in [0.3, 0.4) is 0 Å². The Labute approximate surface area is 311 Å². The summed E-state index contributed by atoms with van der Waals surface area (Å²) in [5, 5.41) is 9.59. The van der Waals surface area contributed by atoms with Crippen LogP contribution in [0.2, 0.25) is 0 Å². The molecule has 1 atom stereocenters. The summed E-state index contributed by atoms with van der Waals surface area (Å²) in [5.41, 5.74) is 0. The molecule has 1 unspecified atom stereocenters. The van der Waals surface area contributed by atoms with E-state index in [0.717, 1.165) is 44.9 Å². The molecule has 4 heteroatoms. The van der Waals surface area contributed by atoms with Gasteiger partial charge < -0.3 is 14.6 Å². The molecule has 0 aliphatic heterocycles. The molecule has 0 saturated heterocycles. The van der Waals surface area contributed by atoms with Crippen LogP contribution < -0.4 is 0 Å². The first-order chi connectivity index (χ1) is 24.7. The van der Waals surface area contributed by atoms with Gasteiger partial charge in [0.15, 0.2) is 0 Å². The Morgan fingerprint density at radius 3 is 1.38 bits per heavy atom. The lowest BCUT2D eigenvalue weighted by Crippen LogP contribution is -2.27. The predicted molar refractivity (Wildman–Crippen MR) is 219 cm³/mol. The lowest BCUT2D eigenvalue weighted by molar-refractivity contribution is -0.154. The molecule has 1 N–H and O–H groups in total. The summed E-state index contributed by atoms with van der Waals surface area (Å²) in [7, 11) is 0. The van der Waals surface area contributed by atoms with E-state index in [-0.39, 0.29) is 12.6 Å². The maximum Gasteiger partial charge on any atom is 0.306 e. The van der Waals surface area contributed by atoms with Gasteiger partial charge in [0.05, 0.1) is 13.2 Å². The molecular formula is C46H82O4. The van der Waals surface area contributed by atoms with Crippen LogP contribution in [0.25, 0.3) is 0 Å². The number of ether oxygens (including phenoxy) is 2. The van der Waals surface area contributed by atoms with E-state index < -0.39 is 6.10 Å². The van der Waals surface area contributed by atoms with Crippen molar-refractivity contribution in [2.75, 3.05) is 19.8 Å². The highest BCUT2D eigenvalue weighted by molar-refractivity contribution is 5.69. The van der Waals surface area contributed by atoms with E-state index in [9.17, 15) is 9.90 Å². The average Bonchev–Trinajstić information content (AvgIpc) is 3.12. The molecule has 290 valence electrons. The summed E-state index contributed by atoms with van der Waals surface area (Å²) >= 11 is 0. The van der Waals surface area contributed by atoms with Gasteiger partial charge in [0.25, 0.3) is 0 Å². The molecule has 0 aromatic carbocycles. The van der Waals surface area contributed by atoms with Gasteiger partial charge in [-0.1, -0.05) is 177 Å². The van der Waals surface area contributed by atoms with E-state index in [1.165, 1.54) is 135 Å². The van der Waals surface area contributed by atoms with Crippen LogP contribution in [0.4, 0.5) is 0 Å².